The van der Waals surface area contributed by atoms with Crippen LogP contribution in [0.1, 0.15) is 97.2 Å². The van der Waals surface area contributed by atoms with Crippen molar-refractivity contribution >= 4 is 21.5 Å². The topological polar surface area (TPSA) is 0 Å². The lowest BCUT2D eigenvalue weighted by Crippen LogP contribution is -2.17. The van der Waals surface area contributed by atoms with Gasteiger partial charge < -0.3 is 0 Å². The lowest BCUT2D eigenvalue weighted by atomic mass is 9.78. The number of hydrogen-bond donors (Lipinski definition) is 0. The largest absolute Gasteiger partial charge is 0.0622 e. The molecule has 0 atom stereocenters. The molecule has 0 aliphatic heterocycles. The van der Waals surface area contributed by atoms with Crippen LogP contribution in [0.15, 0.2) is 121 Å². The van der Waals surface area contributed by atoms with Gasteiger partial charge in [-0.3, -0.25) is 0 Å². The molecule has 0 spiro atoms. The molecule has 8 aromatic carbocycles. The van der Waals surface area contributed by atoms with E-state index in [-0.39, 0.29) is 16.2 Å². The molecule has 0 amide bonds. The Labute approximate surface area is 338 Å². The first-order valence-corrected chi connectivity index (χ1v) is 20.8. The molecule has 3 aliphatic rings. The fraction of sp³-hybridized carbons (Fsp3) is 0.228. The van der Waals surface area contributed by atoms with Crippen molar-refractivity contribution in [3.05, 3.63) is 177 Å². The standard InChI is InChI=1S/C57H50/c1-31-21-39-37(35-17-13-11-14-18-35)25-51-53(43(39)23-33(31)3)45-29-47-41(27-49(45)56(51,7)8)42-28-50-46(30-48(42)55(47,5)6)54-44-24-34(4)32(2)22-40(44)38(26-52(54)57(50,9)10)36-19-15-12-16-20-36/h11-30H,1-10H3. The lowest BCUT2D eigenvalue weighted by molar-refractivity contribution is 0.649. The Kier molecular flexibility index (Phi) is 6.80. The minimum absolute atomic E-state index is 0.155. The molecule has 0 aromatic heterocycles. The van der Waals surface area contributed by atoms with Gasteiger partial charge in [-0.1, -0.05) is 126 Å². The summed E-state index contributed by atoms with van der Waals surface area (Å²) in [6.45, 7) is 23.8. The van der Waals surface area contributed by atoms with Gasteiger partial charge in [0.25, 0.3) is 0 Å². The molecule has 0 nitrogen and oxygen atoms in total. The Bertz CT molecular complexity index is 2880. The second-order valence-corrected chi connectivity index (χ2v) is 19.2. The van der Waals surface area contributed by atoms with Crippen molar-refractivity contribution in [3.63, 3.8) is 0 Å². The Morgan fingerprint density at radius 3 is 0.930 bits per heavy atom. The molecule has 0 fully saturated rings. The second kappa shape index (κ2) is 11.2. The minimum atomic E-state index is -0.160. The van der Waals surface area contributed by atoms with Gasteiger partial charge >= 0.3 is 0 Å². The zero-order valence-corrected chi connectivity index (χ0v) is 35.0. The van der Waals surface area contributed by atoms with E-state index in [1.165, 1.54) is 133 Å². The van der Waals surface area contributed by atoms with Crippen LogP contribution in [0, 0.1) is 27.7 Å². The molecule has 0 heteroatoms. The molecule has 278 valence electrons. The highest BCUT2D eigenvalue weighted by atomic mass is 14.5. The predicted molar refractivity (Wildman–Crippen MR) is 244 cm³/mol. The first-order valence-electron chi connectivity index (χ1n) is 20.8. The molecule has 3 aliphatic carbocycles. The highest BCUT2D eigenvalue weighted by Crippen LogP contribution is 2.61. The molecule has 0 unspecified atom stereocenters. The van der Waals surface area contributed by atoms with Crippen LogP contribution in [0.5, 0.6) is 0 Å². The summed E-state index contributed by atoms with van der Waals surface area (Å²) >= 11 is 0. The van der Waals surface area contributed by atoms with Gasteiger partial charge in [-0.2, -0.15) is 0 Å². The van der Waals surface area contributed by atoms with E-state index in [0.29, 0.717) is 0 Å². The Morgan fingerprint density at radius 1 is 0.281 bits per heavy atom. The van der Waals surface area contributed by atoms with Crippen LogP contribution in [0.3, 0.4) is 0 Å². The zero-order chi connectivity index (χ0) is 39.5. The van der Waals surface area contributed by atoms with E-state index in [9.17, 15) is 0 Å². The smallest absolute Gasteiger partial charge is 0.0159 e. The number of hydrogen-bond acceptors (Lipinski definition) is 0. The molecule has 0 N–H and O–H groups in total. The van der Waals surface area contributed by atoms with Crippen molar-refractivity contribution in [2.45, 2.75) is 85.5 Å². The number of rotatable bonds is 2. The highest BCUT2D eigenvalue weighted by molar-refractivity contribution is 6.12. The van der Waals surface area contributed by atoms with Gasteiger partial charge in [0.15, 0.2) is 0 Å². The van der Waals surface area contributed by atoms with Gasteiger partial charge in [-0.15, -0.1) is 0 Å². The van der Waals surface area contributed by atoms with Crippen molar-refractivity contribution < 1.29 is 0 Å². The average Bonchev–Trinajstić information content (AvgIpc) is 3.66. The second-order valence-electron chi connectivity index (χ2n) is 19.2. The first kappa shape index (κ1) is 34.5. The van der Waals surface area contributed by atoms with Gasteiger partial charge in [0.1, 0.15) is 0 Å². The van der Waals surface area contributed by atoms with Crippen LogP contribution >= 0.6 is 0 Å². The van der Waals surface area contributed by atoms with Crippen LogP contribution in [0.2, 0.25) is 0 Å². The Hall–Kier alpha value is -5.72. The molecule has 0 radical (unpaired) electrons. The maximum Gasteiger partial charge on any atom is 0.0159 e. The molecule has 0 bridgehead atoms. The molecular weight excluding hydrogens is 685 g/mol. The van der Waals surface area contributed by atoms with Gasteiger partial charge in [-0.25, -0.2) is 0 Å². The summed E-state index contributed by atoms with van der Waals surface area (Å²) in [5.74, 6) is 0. The van der Waals surface area contributed by atoms with Crippen LogP contribution in [-0.2, 0) is 16.2 Å². The molecule has 57 heavy (non-hydrogen) atoms. The third-order valence-corrected chi connectivity index (χ3v) is 14.9. The fourth-order valence-corrected chi connectivity index (χ4v) is 11.2. The van der Waals surface area contributed by atoms with Gasteiger partial charge in [0, 0.05) is 16.2 Å². The van der Waals surface area contributed by atoms with Crippen molar-refractivity contribution in [3.8, 4) is 55.6 Å². The quantitative estimate of drug-likeness (QED) is 0.166. The first-order chi connectivity index (χ1) is 27.2. The molecule has 0 saturated heterocycles. The Morgan fingerprint density at radius 2 is 0.561 bits per heavy atom. The van der Waals surface area contributed by atoms with E-state index >= 15 is 0 Å². The van der Waals surface area contributed by atoms with Crippen LogP contribution in [0.25, 0.3) is 77.2 Å². The summed E-state index contributed by atoms with van der Waals surface area (Å²) in [7, 11) is 0. The van der Waals surface area contributed by atoms with E-state index < -0.39 is 0 Å². The molecule has 0 saturated carbocycles. The molecule has 8 aromatic rings. The van der Waals surface area contributed by atoms with E-state index in [1.807, 2.05) is 0 Å². The van der Waals surface area contributed by atoms with Crippen LogP contribution in [-0.4, -0.2) is 0 Å². The average molecular weight is 735 g/mol. The highest BCUT2D eigenvalue weighted by Gasteiger charge is 2.45. The minimum Gasteiger partial charge on any atom is -0.0622 e. The van der Waals surface area contributed by atoms with E-state index in [2.05, 4.69) is 191 Å². The zero-order valence-electron chi connectivity index (χ0n) is 35.0. The van der Waals surface area contributed by atoms with Crippen molar-refractivity contribution in [1.29, 1.82) is 0 Å². The number of benzene rings is 8. The maximum absolute atomic E-state index is 2.60. The van der Waals surface area contributed by atoms with Gasteiger partial charge in [-0.05, 0) is 197 Å². The number of aryl methyl sites for hydroxylation is 4. The summed E-state index contributed by atoms with van der Waals surface area (Å²) in [5, 5.41) is 5.44. The van der Waals surface area contributed by atoms with Crippen molar-refractivity contribution in [2.75, 3.05) is 0 Å². The van der Waals surface area contributed by atoms with E-state index in [1.54, 1.807) is 0 Å². The Balaban J connectivity index is 1.15. The molecule has 0 heterocycles. The van der Waals surface area contributed by atoms with Crippen molar-refractivity contribution in [2.24, 2.45) is 0 Å². The summed E-state index contributed by atoms with van der Waals surface area (Å²) in [4.78, 5) is 0. The molecule has 11 rings (SSSR count). The van der Waals surface area contributed by atoms with E-state index in [0.717, 1.165) is 0 Å². The molecular formula is C57H50. The van der Waals surface area contributed by atoms with Gasteiger partial charge in [0.2, 0.25) is 0 Å². The fourth-order valence-electron chi connectivity index (χ4n) is 11.2. The SMILES string of the molecule is Cc1cc2c(-c3ccccc3)cc3c(c2cc1C)-c1cc2c(cc1C3(C)C)-c1cc3c(cc1C2(C)C)-c1c(cc(-c2ccccc2)c2cc(C)c(C)cc12)C3(C)C. The lowest BCUT2D eigenvalue weighted by Gasteiger charge is -2.25. The summed E-state index contributed by atoms with van der Waals surface area (Å²) in [6, 6.07) is 47.3. The van der Waals surface area contributed by atoms with Crippen LogP contribution in [0.4, 0.5) is 0 Å². The monoisotopic (exact) mass is 734 g/mol. The maximum atomic E-state index is 2.60. The summed E-state index contributed by atoms with van der Waals surface area (Å²) in [5.41, 5.74) is 27.3. The van der Waals surface area contributed by atoms with Crippen LogP contribution < -0.4 is 0 Å². The third-order valence-electron chi connectivity index (χ3n) is 14.9. The predicted octanol–water partition coefficient (Wildman–Crippen LogP) is 15.5. The van der Waals surface area contributed by atoms with Crippen molar-refractivity contribution in [1.82, 2.24) is 0 Å². The summed E-state index contributed by atoms with van der Waals surface area (Å²) < 4.78 is 0. The third kappa shape index (κ3) is 4.45. The number of fused-ring (bicyclic) bond motifs is 13. The summed E-state index contributed by atoms with van der Waals surface area (Å²) in [6.07, 6.45) is 0. The van der Waals surface area contributed by atoms with E-state index in [4.69, 9.17) is 0 Å². The van der Waals surface area contributed by atoms with Gasteiger partial charge in [0.05, 0.1) is 0 Å². The normalized spacial score (nSPS) is 16.0.